The van der Waals surface area contributed by atoms with E-state index in [-0.39, 0.29) is 5.91 Å². The Hall–Kier alpha value is -1.65. The summed E-state index contributed by atoms with van der Waals surface area (Å²) in [7, 11) is 0. The topological polar surface area (TPSA) is 32.3 Å². The molecule has 1 amide bonds. The van der Waals surface area contributed by atoms with Crippen molar-refractivity contribution in [1.29, 1.82) is 0 Å². The van der Waals surface area contributed by atoms with E-state index in [9.17, 15) is 4.79 Å². The summed E-state index contributed by atoms with van der Waals surface area (Å²) >= 11 is 1.54. The van der Waals surface area contributed by atoms with E-state index in [1.54, 1.807) is 11.3 Å². The van der Waals surface area contributed by atoms with Crippen LogP contribution in [0.3, 0.4) is 0 Å². The minimum absolute atomic E-state index is 0.0223. The van der Waals surface area contributed by atoms with Crippen LogP contribution in [-0.2, 0) is 13.1 Å². The van der Waals surface area contributed by atoms with Crippen LogP contribution in [0.1, 0.15) is 38.5 Å². The summed E-state index contributed by atoms with van der Waals surface area (Å²) in [6, 6.07) is 12.3. The van der Waals surface area contributed by atoms with Crippen LogP contribution >= 0.6 is 11.3 Å². The molecule has 1 N–H and O–H groups in total. The van der Waals surface area contributed by atoms with Gasteiger partial charge in [-0.25, -0.2) is 0 Å². The average Bonchev–Trinajstić information content (AvgIpc) is 3.18. The number of nitrogens with one attached hydrogen (secondary N) is 1. The number of benzene rings is 1. The van der Waals surface area contributed by atoms with Crippen LogP contribution in [0.25, 0.3) is 0 Å². The van der Waals surface area contributed by atoms with E-state index >= 15 is 0 Å². The van der Waals surface area contributed by atoms with E-state index in [1.165, 1.54) is 41.9 Å². The van der Waals surface area contributed by atoms with Crippen molar-refractivity contribution in [1.82, 2.24) is 10.2 Å². The summed E-state index contributed by atoms with van der Waals surface area (Å²) < 4.78 is 0. The van der Waals surface area contributed by atoms with Gasteiger partial charge in [-0.05, 0) is 56.1 Å². The van der Waals surface area contributed by atoms with Gasteiger partial charge in [-0.15, -0.1) is 11.3 Å². The lowest BCUT2D eigenvalue weighted by Crippen LogP contribution is -2.24. The molecule has 0 spiro atoms. The second-order valence-electron chi connectivity index (χ2n) is 5.84. The summed E-state index contributed by atoms with van der Waals surface area (Å²) in [5, 5.41) is 3.05. The van der Waals surface area contributed by atoms with Crippen LogP contribution in [0, 0.1) is 6.92 Å². The molecule has 1 fully saturated rings. The van der Waals surface area contributed by atoms with Gasteiger partial charge in [0.2, 0.25) is 0 Å². The fraction of sp³-hybridized carbons (Fsp3) is 0.389. The molecular formula is C18H22N2OS. The standard InChI is InChI=1S/C18H22N2OS/c1-14-8-9-17(22-14)18(21)19-12-15-6-2-3-7-16(15)13-20-10-4-5-11-20/h2-3,6-9H,4-5,10-13H2,1H3,(H,19,21). The Balaban J connectivity index is 1.63. The van der Waals surface area contributed by atoms with Crippen molar-refractivity contribution in [3.63, 3.8) is 0 Å². The zero-order chi connectivity index (χ0) is 15.4. The summed E-state index contributed by atoms with van der Waals surface area (Å²) in [6.45, 7) is 5.99. The Bertz CT molecular complexity index is 644. The van der Waals surface area contributed by atoms with Crippen LogP contribution < -0.4 is 5.32 Å². The fourth-order valence-corrected chi connectivity index (χ4v) is 3.67. The number of aryl methyl sites for hydroxylation is 1. The number of carbonyl (C=O) groups is 1. The number of hydrogen-bond acceptors (Lipinski definition) is 3. The van der Waals surface area contributed by atoms with Gasteiger partial charge in [-0.2, -0.15) is 0 Å². The van der Waals surface area contributed by atoms with Gasteiger partial charge in [0.25, 0.3) is 5.91 Å². The van der Waals surface area contributed by atoms with Crippen molar-refractivity contribution in [2.24, 2.45) is 0 Å². The SMILES string of the molecule is Cc1ccc(C(=O)NCc2ccccc2CN2CCCC2)s1. The van der Waals surface area contributed by atoms with Crippen molar-refractivity contribution in [2.45, 2.75) is 32.9 Å². The molecule has 0 saturated carbocycles. The highest BCUT2D eigenvalue weighted by Gasteiger charge is 2.14. The Morgan fingerprint density at radius 3 is 2.55 bits per heavy atom. The van der Waals surface area contributed by atoms with E-state index < -0.39 is 0 Å². The van der Waals surface area contributed by atoms with Crippen LogP contribution in [0.5, 0.6) is 0 Å². The molecular weight excluding hydrogens is 292 g/mol. The molecule has 1 aromatic carbocycles. The van der Waals surface area contributed by atoms with E-state index in [4.69, 9.17) is 0 Å². The maximum absolute atomic E-state index is 12.2. The number of nitrogens with zero attached hydrogens (tertiary/aromatic N) is 1. The van der Waals surface area contributed by atoms with Crippen LogP contribution in [-0.4, -0.2) is 23.9 Å². The Labute approximate surface area is 136 Å². The van der Waals surface area contributed by atoms with Crippen molar-refractivity contribution in [2.75, 3.05) is 13.1 Å². The lowest BCUT2D eigenvalue weighted by molar-refractivity contribution is 0.0955. The Kier molecular flexibility index (Phi) is 4.90. The quantitative estimate of drug-likeness (QED) is 0.915. The second-order valence-corrected chi connectivity index (χ2v) is 7.13. The molecule has 0 bridgehead atoms. The van der Waals surface area contributed by atoms with Gasteiger partial charge >= 0.3 is 0 Å². The molecule has 4 heteroatoms. The summed E-state index contributed by atoms with van der Waals surface area (Å²) in [6.07, 6.45) is 2.60. The average molecular weight is 314 g/mol. The molecule has 0 radical (unpaired) electrons. The highest BCUT2D eigenvalue weighted by atomic mass is 32.1. The Morgan fingerprint density at radius 1 is 1.14 bits per heavy atom. The first kappa shape index (κ1) is 15.3. The first-order valence-electron chi connectivity index (χ1n) is 7.86. The highest BCUT2D eigenvalue weighted by molar-refractivity contribution is 7.13. The summed E-state index contributed by atoms with van der Waals surface area (Å²) in [5.74, 6) is 0.0223. The summed E-state index contributed by atoms with van der Waals surface area (Å²) in [5.41, 5.74) is 2.54. The number of amides is 1. The highest BCUT2D eigenvalue weighted by Crippen LogP contribution is 2.17. The monoisotopic (exact) mass is 314 g/mol. The molecule has 1 aromatic heterocycles. The van der Waals surface area contributed by atoms with Crippen LogP contribution in [0.15, 0.2) is 36.4 Å². The van der Waals surface area contributed by atoms with Gasteiger partial charge in [-0.1, -0.05) is 24.3 Å². The molecule has 2 heterocycles. The first-order valence-corrected chi connectivity index (χ1v) is 8.68. The molecule has 1 aliphatic heterocycles. The maximum Gasteiger partial charge on any atom is 0.261 e. The molecule has 22 heavy (non-hydrogen) atoms. The summed E-state index contributed by atoms with van der Waals surface area (Å²) in [4.78, 5) is 16.6. The number of rotatable bonds is 5. The first-order chi connectivity index (χ1) is 10.7. The molecule has 3 nitrogen and oxygen atoms in total. The third kappa shape index (κ3) is 3.76. The van der Waals surface area contributed by atoms with Crippen molar-refractivity contribution in [3.8, 4) is 0 Å². The van der Waals surface area contributed by atoms with Gasteiger partial charge in [0.15, 0.2) is 0 Å². The minimum atomic E-state index is 0.0223. The molecule has 1 aliphatic rings. The molecule has 0 unspecified atom stereocenters. The van der Waals surface area contributed by atoms with Gasteiger partial charge in [-0.3, -0.25) is 9.69 Å². The smallest absolute Gasteiger partial charge is 0.261 e. The van der Waals surface area contributed by atoms with Gasteiger partial charge in [0, 0.05) is 18.0 Å². The molecule has 116 valence electrons. The van der Waals surface area contributed by atoms with E-state index in [2.05, 4.69) is 28.4 Å². The van der Waals surface area contributed by atoms with E-state index in [0.717, 1.165) is 11.4 Å². The largest absolute Gasteiger partial charge is 0.347 e. The second kappa shape index (κ2) is 7.07. The maximum atomic E-state index is 12.2. The number of carbonyl (C=O) groups excluding carboxylic acids is 1. The van der Waals surface area contributed by atoms with Crippen LogP contribution in [0.2, 0.25) is 0 Å². The van der Waals surface area contributed by atoms with Gasteiger partial charge in [0.05, 0.1) is 4.88 Å². The zero-order valence-corrected chi connectivity index (χ0v) is 13.8. The number of thiophene rings is 1. The zero-order valence-electron chi connectivity index (χ0n) is 13.0. The van der Waals surface area contributed by atoms with Gasteiger partial charge in [0.1, 0.15) is 0 Å². The van der Waals surface area contributed by atoms with E-state index in [1.807, 2.05) is 25.1 Å². The lowest BCUT2D eigenvalue weighted by Gasteiger charge is -2.17. The third-order valence-corrected chi connectivity index (χ3v) is 5.11. The van der Waals surface area contributed by atoms with Crippen molar-refractivity contribution < 1.29 is 4.79 Å². The molecule has 0 aliphatic carbocycles. The third-order valence-electron chi connectivity index (χ3n) is 4.11. The van der Waals surface area contributed by atoms with Crippen LogP contribution in [0.4, 0.5) is 0 Å². The predicted molar refractivity (Wildman–Crippen MR) is 91.2 cm³/mol. The van der Waals surface area contributed by atoms with Crippen molar-refractivity contribution in [3.05, 3.63) is 57.3 Å². The van der Waals surface area contributed by atoms with Gasteiger partial charge < -0.3 is 5.32 Å². The van der Waals surface area contributed by atoms with E-state index in [0.29, 0.717) is 6.54 Å². The molecule has 2 aromatic rings. The normalized spacial score (nSPS) is 15.1. The number of hydrogen-bond donors (Lipinski definition) is 1. The predicted octanol–water partition coefficient (Wildman–Crippen LogP) is 3.58. The molecule has 0 atom stereocenters. The molecule has 1 saturated heterocycles. The fourth-order valence-electron chi connectivity index (χ4n) is 2.89. The minimum Gasteiger partial charge on any atom is -0.347 e. The Morgan fingerprint density at radius 2 is 1.86 bits per heavy atom. The lowest BCUT2D eigenvalue weighted by atomic mass is 10.1. The number of likely N-dealkylation sites (tertiary alicyclic amines) is 1. The van der Waals surface area contributed by atoms with Crippen molar-refractivity contribution >= 4 is 17.2 Å². The molecule has 3 rings (SSSR count).